The fourth-order valence-electron chi connectivity index (χ4n) is 2.84. The number of hydrogen-bond acceptors (Lipinski definition) is 5. The molecule has 1 aliphatic heterocycles. The Morgan fingerprint density at radius 1 is 1.21 bits per heavy atom. The molecular formula is C16H17N3O4S. The lowest BCUT2D eigenvalue weighted by atomic mass is 10.1. The van der Waals surface area contributed by atoms with Gasteiger partial charge in [0.25, 0.3) is 5.69 Å². The summed E-state index contributed by atoms with van der Waals surface area (Å²) in [4.78, 5) is 10.2. The average molecular weight is 347 g/mol. The van der Waals surface area contributed by atoms with Crippen molar-refractivity contribution in [2.45, 2.75) is 31.5 Å². The maximum Gasteiger partial charge on any atom is 0.289 e. The van der Waals surface area contributed by atoms with E-state index in [0.29, 0.717) is 5.56 Å². The van der Waals surface area contributed by atoms with Crippen molar-refractivity contribution < 1.29 is 13.3 Å². The Morgan fingerprint density at radius 3 is 2.71 bits per heavy atom. The molecule has 0 aromatic heterocycles. The minimum Gasteiger partial charge on any atom is -0.309 e. The zero-order valence-electron chi connectivity index (χ0n) is 13.1. The largest absolute Gasteiger partial charge is 0.309 e. The number of nitro benzene ring substituents is 1. The second kappa shape index (κ2) is 6.31. The Morgan fingerprint density at radius 2 is 1.96 bits per heavy atom. The van der Waals surface area contributed by atoms with Gasteiger partial charge in [0.2, 0.25) is 10.0 Å². The summed E-state index contributed by atoms with van der Waals surface area (Å²) in [6.45, 7) is 3.21. The molecule has 1 aliphatic rings. The number of sulfonamides is 1. The van der Waals surface area contributed by atoms with Crippen LogP contribution in [0.15, 0.2) is 41.3 Å². The molecule has 2 aromatic rings. The molecule has 0 saturated carbocycles. The maximum atomic E-state index is 12.6. The van der Waals surface area contributed by atoms with Crippen LogP contribution in [0.4, 0.5) is 5.69 Å². The molecule has 0 fully saturated rings. The highest BCUT2D eigenvalue weighted by Gasteiger charge is 2.27. The molecule has 7 nitrogen and oxygen atoms in total. The summed E-state index contributed by atoms with van der Waals surface area (Å²) in [5.74, 6) is 0. The van der Waals surface area contributed by atoms with Gasteiger partial charge in [0, 0.05) is 25.7 Å². The highest BCUT2D eigenvalue weighted by atomic mass is 32.2. The molecule has 1 heterocycles. The van der Waals surface area contributed by atoms with E-state index in [4.69, 9.17) is 0 Å². The van der Waals surface area contributed by atoms with Crippen molar-refractivity contribution in [3.8, 4) is 0 Å². The predicted octanol–water partition coefficient (Wildman–Crippen LogP) is 1.98. The van der Waals surface area contributed by atoms with Crippen molar-refractivity contribution in [1.29, 1.82) is 0 Å². The van der Waals surface area contributed by atoms with Crippen LogP contribution in [0.25, 0.3) is 0 Å². The van der Waals surface area contributed by atoms with E-state index in [1.807, 2.05) is 18.2 Å². The highest BCUT2D eigenvalue weighted by Crippen LogP contribution is 2.27. The summed E-state index contributed by atoms with van der Waals surface area (Å²) >= 11 is 0. The molecule has 0 saturated heterocycles. The Hall–Kier alpha value is -2.29. The smallest absolute Gasteiger partial charge is 0.289 e. The molecule has 0 amide bonds. The average Bonchev–Trinajstić information content (AvgIpc) is 3.00. The molecule has 126 valence electrons. The van der Waals surface area contributed by atoms with Gasteiger partial charge in [-0.05, 0) is 29.2 Å². The summed E-state index contributed by atoms with van der Waals surface area (Å²) in [6.07, 6.45) is 0. The first-order valence-corrected chi connectivity index (χ1v) is 8.92. The van der Waals surface area contributed by atoms with Gasteiger partial charge in [0.1, 0.15) is 0 Å². The molecule has 0 atom stereocenters. The Kier molecular flexibility index (Phi) is 4.35. The number of rotatable bonds is 5. The van der Waals surface area contributed by atoms with E-state index in [1.54, 1.807) is 13.0 Å². The second-order valence-electron chi connectivity index (χ2n) is 5.71. The van der Waals surface area contributed by atoms with Gasteiger partial charge >= 0.3 is 0 Å². The summed E-state index contributed by atoms with van der Waals surface area (Å²) < 4.78 is 27.6. The molecule has 0 spiro atoms. The van der Waals surface area contributed by atoms with E-state index in [0.717, 1.165) is 24.2 Å². The van der Waals surface area contributed by atoms with E-state index >= 15 is 0 Å². The quantitative estimate of drug-likeness (QED) is 0.636. The topological polar surface area (TPSA) is 101 Å². The van der Waals surface area contributed by atoms with Crippen LogP contribution in [-0.2, 0) is 29.7 Å². The number of benzene rings is 2. The first-order valence-electron chi connectivity index (χ1n) is 7.43. The van der Waals surface area contributed by atoms with E-state index < -0.39 is 20.6 Å². The number of aryl methyl sites for hydroxylation is 1. The Balaban J connectivity index is 1.86. The summed E-state index contributed by atoms with van der Waals surface area (Å²) in [5, 5.41) is 14.4. The molecule has 2 N–H and O–H groups in total. The van der Waals surface area contributed by atoms with Crippen molar-refractivity contribution >= 4 is 15.7 Å². The lowest BCUT2D eigenvalue weighted by Gasteiger charge is -2.10. The van der Waals surface area contributed by atoms with Crippen LogP contribution in [0.5, 0.6) is 0 Å². The molecule has 8 heteroatoms. The van der Waals surface area contributed by atoms with Crippen molar-refractivity contribution in [2.24, 2.45) is 0 Å². The third-order valence-electron chi connectivity index (χ3n) is 4.02. The van der Waals surface area contributed by atoms with Crippen LogP contribution in [0.1, 0.15) is 22.3 Å². The van der Waals surface area contributed by atoms with E-state index in [2.05, 4.69) is 10.0 Å². The lowest BCUT2D eigenvalue weighted by molar-refractivity contribution is -0.387. The second-order valence-corrected chi connectivity index (χ2v) is 7.42. The van der Waals surface area contributed by atoms with Crippen LogP contribution in [0, 0.1) is 17.0 Å². The maximum absolute atomic E-state index is 12.6. The van der Waals surface area contributed by atoms with Gasteiger partial charge in [-0.15, -0.1) is 0 Å². The van der Waals surface area contributed by atoms with Gasteiger partial charge < -0.3 is 5.32 Å². The Labute approximate surface area is 139 Å². The third-order valence-corrected chi connectivity index (χ3v) is 5.62. The van der Waals surface area contributed by atoms with Gasteiger partial charge in [-0.3, -0.25) is 10.1 Å². The van der Waals surface area contributed by atoms with E-state index in [-0.39, 0.29) is 11.4 Å². The summed E-state index contributed by atoms with van der Waals surface area (Å²) in [5.41, 5.74) is 3.09. The van der Waals surface area contributed by atoms with Crippen LogP contribution < -0.4 is 10.0 Å². The fourth-order valence-corrected chi connectivity index (χ4v) is 4.25. The van der Waals surface area contributed by atoms with Crippen molar-refractivity contribution in [3.05, 3.63) is 68.8 Å². The number of nitrogens with zero attached hydrogens (tertiary/aromatic N) is 1. The number of nitro groups is 1. The normalized spacial score (nSPS) is 13.7. The van der Waals surface area contributed by atoms with E-state index in [9.17, 15) is 18.5 Å². The van der Waals surface area contributed by atoms with Crippen molar-refractivity contribution in [3.63, 3.8) is 0 Å². The van der Waals surface area contributed by atoms with Gasteiger partial charge in [0.05, 0.1) is 4.92 Å². The first-order chi connectivity index (χ1) is 11.4. The van der Waals surface area contributed by atoms with E-state index in [1.165, 1.54) is 17.7 Å². The van der Waals surface area contributed by atoms with Gasteiger partial charge in [0.15, 0.2) is 4.90 Å². The molecule has 0 bridgehead atoms. The molecule has 3 rings (SSSR count). The van der Waals surface area contributed by atoms with Crippen molar-refractivity contribution in [1.82, 2.24) is 10.0 Å². The Bertz CT molecular complexity index is 910. The summed E-state index contributed by atoms with van der Waals surface area (Å²) in [6, 6.07) is 9.99. The monoisotopic (exact) mass is 347 g/mol. The zero-order chi connectivity index (χ0) is 17.3. The summed E-state index contributed by atoms with van der Waals surface area (Å²) in [7, 11) is -3.99. The SMILES string of the molecule is Cc1cccc([N+](=O)[O-])c1S(=O)(=O)NCc1ccc2c(c1)CNC2. The standard InChI is InChI=1S/C16H17N3O4S/c1-11-3-2-4-15(19(20)21)16(11)24(22,23)18-8-12-5-6-13-9-17-10-14(13)7-12/h2-7,17-18H,8-10H2,1H3. The van der Waals surface area contributed by atoms with Gasteiger partial charge in [-0.2, -0.15) is 0 Å². The fraction of sp³-hybridized carbons (Fsp3) is 0.250. The van der Waals surface area contributed by atoms with Crippen LogP contribution in [-0.4, -0.2) is 13.3 Å². The molecular weight excluding hydrogens is 330 g/mol. The van der Waals surface area contributed by atoms with Crippen molar-refractivity contribution in [2.75, 3.05) is 0 Å². The minimum absolute atomic E-state index is 0.0844. The molecule has 0 aliphatic carbocycles. The number of nitrogens with one attached hydrogen (secondary N) is 2. The van der Waals surface area contributed by atoms with Crippen LogP contribution in [0.3, 0.4) is 0 Å². The molecule has 2 aromatic carbocycles. The third kappa shape index (κ3) is 3.16. The minimum atomic E-state index is -3.99. The molecule has 0 radical (unpaired) electrons. The van der Waals surface area contributed by atoms with Gasteiger partial charge in [-0.25, -0.2) is 13.1 Å². The molecule has 24 heavy (non-hydrogen) atoms. The highest BCUT2D eigenvalue weighted by molar-refractivity contribution is 7.89. The first kappa shape index (κ1) is 16.6. The van der Waals surface area contributed by atoms with Crippen LogP contribution >= 0.6 is 0 Å². The van der Waals surface area contributed by atoms with Crippen LogP contribution in [0.2, 0.25) is 0 Å². The predicted molar refractivity (Wildman–Crippen MR) is 88.8 cm³/mol. The lowest BCUT2D eigenvalue weighted by Crippen LogP contribution is -2.25. The zero-order valence-corrected chi connectivity index (χ0v) is 13.9. The number of fused-ring (bicyclic) bond motifs is 1. The molecule has 0 unspecified atom stereocenters. The number of hydrogen-bond donors (Lipinski definition) is 2. The van der Waals surface area contributed by atoms with Gasteiger partial charge in [-0.1, -0.05) is 30.3 Å².